The second kappa shape index (κ2) is 5.25. The fourth-order valence-electron chi connectivity index (χ4n) is 1.24. The molecule has 0 saturated carbocycles. The highest BCUT2D eigenvalue weighted by Gasteiger charge is 2.20. The monoisotopic (exact) mass is 263 g/mol. The predicted octanol–water partition coefficient (Wildman–Crippen LogP) is 1.52. The summed E-state index contributed by atoms with van der Waals surface area (Å²) in [6.45, 7) is 5.20. The predicted molar refractivity (Wildman–Crippen MR) is 65.2 cm³/mol. The Hall–Kier alpha value is -0.460. The molecule has 92 valence electrons. The van der Waals surface area contributed by atoms with Gasteiger partial charge in [0.25, 0.3) is 0 Å². The van der Waals surface area contributed by atoms with Gasteiger partial charge in [-0.2, -0.15) is 0 Å². The van der Waals surface area contributed by atoms with E-state index in [1.807, 2.05) is 6.92 Å². The normalized spacial score (nSPS) is 12.3. The van der Waals surface area contributed by atoms with Gasteiger partial charge in [-0.05, 0) is 20.3 Å². The molecule has 0 unspecified atom stereocenters. The fourth-order valence-corrected chi connectivity index (χ4v) is 3.52. The number of rotatable bonds is 5. The Balaban J connectivity index is 2.95. The Morgan fingerprint density at radius 2 is 2.06 bits per heavy atom. The summed E-state index contributed by atoms with van der Waals surface area (Å²) < 4.78 is 23.4. The van der Waals surface area contributed by atoms with Crippen molar-refractivity contribution in [1.29, 1.82) is 0 Å². The number of nitrogens with zero attached hydrogens (tertiary/aromatic N) is 1. The van der Waals surface area contributed by atoms with E-state index in [9.17, 15) is 8.42 Å². The molecule has 0 atom stereocenters. The molecular weight excluding hydrogens is 246 g/mol. The van der Waals surface area contributed by atoms with Crippen molar-refractivity contribution in [1.82, 2.24) is 4.98 Å². The van der Waals surface area contributed by atoms with Crippen LogP contribution >= 0.6 is 11.3 Å². The number of aromatic nitrogens is 1. The van der Waals surface area contributed by atoms with E-state index in [2.05, 4.69) is 4.98 Å². The largest absolute Gasteiger partial charge is 0.391 e. The highest BCUT2D eigenvalue weighted by molar-refractivity contribution is 7.91. The summed E-state index contributed by atoms with van der Waals surface area (Å²) >= 11 is 1.29. The van der Waals surface area contributed by atoms with Crippen LogP contribution in [0.15, 0.2) is 0 Å². The molecule has 1 rings (SSSR count). The average Bonchev–Trinajstić information content (AvgIpc) is 2.59. The van der Waals surface area contributed by atoms with E-state index < -0.39 is 9.84 Å². The number of aryl methyl sites for hydroxylation is 1. The van der Waals surface area contributed by atoms with E-state index in [0.29, 0.717) is 11.4 Å². The number of aliphatic hydroxyl groups excluding tert-OH is 1. The first-order valence-corrected chi connectivity index (χ1v) is 7.73. The molecule has 0 saturated heterocycles. The van der Waals surface area contributed by atoms with Crippen LogP contribution in [0.1, 0.15) is 36.3 Å². The van der Waals surface area contributed by atoms with E-state index in [1.165, 1.54) is 11.3 Å². The van der Waals surface area contributed by atoms with Crippen LogP contribution in [0.4, 0.5) is 0 Å². The molecule has 4 nitrogen and oxygen atoms in total. The van der Waals surface area contributed by atoms with Crippen LogP contribution in [0.5, 0.6) is 0 Å². The van der Waals surface area contributed by atoms with E-state index in [-0.39, 0.29) is 17.6 Å². The molecule has 0 aliphatic rings. The van der Waals surface area contributed by atoms with Gasteiger partial charge < -0.3 is 5.11 Å². The number of hydrogen-bond acceptors (Lipinski definition) is 5. The van der Waals surface area contributed by atoms with Gasteiger partial charge >= 0.3 is 0 Å². The smallest absolute Gasteiger partial charge is 0.159 e. The summed E-state index contributed by atoms with van der Waals surface area (Å²) in [4.78, 5) is 5.02. The van der Waals surface area contributed by atoms with Gasteiger partial charge in [-0.25, -0.2) is 13.4 Å². The van der Waals surface area contributed by atoms with Gasteiger partial charge in [-0.1, -0.05) is 6.92 Å². The number of sulfone groups is 1. The number of aliphatic hydroxyl groups is 1. The van der Waals surface area contributed by atoms with Crippen molar-refractivity contribution >= 4 is 21.2 Å². The maximum atomic E-state index is 11.7. The SMILES string of the molecule is CCc1nc(CS(=O)(=O)C(C)C)sc1CO. The number of thiazole rings is 1. The van der Waals surface area contributed by atoms with Crippen molar-refractivity contribution in [3.63, 3.8) is 0 Å². The highest BCUT2D eigenvalue weighted by Crippen LogP contribution is 2.22. The lowest BCUT2D eigenvalue weighted by molar-refractivity contribution is 0.284. The third kappa shape index (κ3) is 3.02. The summed E-state index contributed by atoms with van der Waals surface area (Å²) in [5, 5.41) is 9.28. The van der Waals surface area contributed by atoms with Crippen molar-refractivity contribution in [2.45, 2.75) is 44.8 Å². The molecule has 0 aliphatic heterocycles. The quantitative estimate of drug-likeness (QED) is 0.874. The van der Waals surface area contributed by atoms with Gasteiger partial charge in [0.2, 0.25) is 0 Å². The second-order valence-corrected chi connectivity index (χ2v) is 7.57. The molecule has 1 N–H and O–H groups in total. The summed E-state index contributed by atoms with van der Waals surface area (Å²) in [6, 6.07) is 0. The van der Waals surface area contributed by atoms with Gasteiger partial charge in [0.05, 0.1) is 22.4 Å². The van der Waals surface area contributed by atoms with E-state index in [1.54, 1.807) is 13.8 Å². The summed E-state index contributed by atoms with van der Waals surface area (Å²) in [7, 11) is -3.10. The van der Waals surface area contributed by atoms with Crippen LogP contribution in [0.3, 0.4) is 0 Å². The van der Waals surface area contributed by atoms with Crippen molar-refractivity contribution < 1.29 is 13.5 Å². The first kappa shape index (κ1) is 13.6. The third-order valence-electron chi connectivity index (χ3n) is 2.34. The number of hydrogen-bond donors (Lipinski definition) is 1. The van der Waals surface area contributed by atoms with Crippen molar-refractivity contribution in [2.75, 3.05) is 0 Å². The van der Waals surface area contributed by atoms with Crippen molar-refractivity contribution in [2.24, 2.45) is 0 Å². The van der Waals surface area contributed by atoms with Crippen LogP contribution in [-0.4, -0.2) is 23.8 Å². The maximum Gasteiger partial charge on any atom is 0.159 e. The fraction of sp³-hybridized carbons (Fsp3) is 0.700. The Kier molecular flexibility index (Phi) is 4.46. The van der Waals surface area contributed by atoms with Crippen molar-refractivity contribution in [3.05, 3.63) is 15.6 Å². The molecule has 1 aromatic heterocycles. The summed E-state index contributed by atoms with van der Waals surface area (Å²) in [5.41, 5.74) is 0.807. The van der Waals surface area contributed by atoms with Crippen LogP contribution in [0.25, 0.3) is 0 Å². The Bertz CT molecular complexity index is 427. The minimum Gasteiger partial charge on any atom is -0.391 e. The van der Waals surface area contributed by atoms with Crippen LogP contribution in [0, 0.1) is 0 Å². The zero-order valence-corrected chi connectivity index (χ0v) is 11.4. The zero-order chi connectivity index (χ0) is 12.3. The van der Waals surface area contributed by atoms with Gasteiger partial charge in [-0.15, -0.1) is 11.3 Å². The molecule has 0 fully saturated rings. The third-order valence-corrected chi connectivity index (χ3v) is 5.72. The van der Waals surface area contributed by atoms with Crippen LogP contribution in [0.2, 0.25) is 0 Å². The molecule has 0 radical (unpaired) electrons. The van der Waals surface area contributed by atoms with E-state index in [4.69, 9.17) is 5.11 Å². The summed E-state index contributed by atoms with van der Waals surface area (Å²) in [6.07, 6.45) is 0.716. The first-order chi connectivity index (χ1) is 7.40. The minimum atomic E-state index is -3.10. The van der Waals surface area contributed by atoms with E-state index in [0.717, 1.165) is 10.6 Å². The van der Waals surface area contributed by atoms with Gasteiger partial charge in [0.15, 0.2) is 9.84 Å². The Morgan fingerprint density at radius 1 is 1.44 bits per heavy atom. The highest BCUT2D eigenvalue weighted by atomic mass is 32.2. The minimum absolute atomic E-state index is 0.0255. The molecule has 0 aromatic carbocycles. The molecule has 1 aromatic rings. The van der Waals surface area contributed by atoms with Gasteiger partial charge in [0, 0.05) is 0 Å². The molecule has 0 amide bonds. The first-order valence-electron chi connectivity index (χ1n) is 5.20. The lowest BCUT2D eigenvalue weighted by Crippen LogP contribution is -2.15. The molecule has 6 heteroatoms. The lowest BCUT2D eigenvalue weighted by atomic mass is 10.3. The zero-order valence-electron chi connectivity index (χ0n) is 9.73. The molecule has 0 aliphatic carbocycles. The van der Waals surface area contributed by atoms with Crippen LogP contribution in [-0.2, 0) is 28.6 Å². The second-order valence-electron chi connectivity index (χ2n) is 3.85. The lowest BCUT2D eigenvalue weighted by Gasteiger charge is -2.04. The molecular formula is C10H17NO3S2. The standard InChI is InChI=1S/C10H17NO3S2/c1-4-8-9(5-12)15-10(11-8)6-16(13,14)7(2)3/h7,12H,4-6H2,1-3H3. The molecule has 16 heavy (non-hydrogen) atoms. The Morgan fingerprint density at radius 3 is 2.44 bits per heavy atom. The van der Waals surface area contributed by atoms with E-state index >= 15 is 0 Å². The molecule has 1 heterocycles. The Labute approximate surface area is 100 Å². The molecule has 0 spiro atoms. The van der Waals surface area contributed by atoms with Gasteiger partial charge in [0.1, 0.15) is 10.8 Å². The molecule has 0 bridgehead atoms. The van der Waals surface area contributed by atoms with Gasteiger partial charge in [-0.3, -0.25) is 0 Å². The summed E-state index contributed by atoms with van der Waals surface area (Å²) in [5.74, 6) is -0.0255. The van der Waals surface area contributed by atoms with Crippen LogP contribution < -0.4 is 0 Å². The maximum absolute atomic E-state index is 11.7. The topological polar surface area (TPSA) is 67.3 Å². The average molecular weight is 263 g/mol. The van der Waals surface area contributed by atoms with Crippen molar-refractivity contribution in [3.8, 4) is 0 Å².